The molecule has 0 bridgehead atoms. The van der Waals surface area contributed by atoms with Gasteiger partial charge in [0.2, 0.25) is 0 Å². The molecule has 3 atom stereocenters. The molecule has 0 spiro atoms. The molecular weight excluding hydrogens is 644 g/mol. The predicted octanol–water partition coefficient (Wildman–Crippen LogP) is 4.48. The molecule has 5 N–H and O–H groups in total. The Balaban J connectivity index is 2.57. The topological polar surface area (TPSA) is 228 Å². The van der Waals surface area contributed by atoms with Crippen molar-refractivity contribution in [2.45, 2.75) is 71.7 Å². The number of amides is 2. The van der Waals surface area contributed by atoms with Crippen molar-refractivity contribution in [1.29, 1.82) is 10.5 Å². The first-order chi connectivity index (χ1) is 22.3. The molecule has 15 heteroatoms. The van der Waals surface area contributed by atoms with E-state index in [4.69, 9.17) is 24.6 Å². The summed E-state index contributed by atoms with van der Waals surface area (Å²) < 4.78 is 53.2. The lowest BCUT2D eigenvalue weighted by Crippen LogP contribution is -2.58. The molecule has 2 amide bonds. The molecule has 0 aromatic heterocycles. The second kappa shape index (κ2) is 17.0. The molecule has 48 heavy (non-hydrogen) atoms. The highest BCUT2D eigenvalue weighted by atomic mass is 32.2. The van der Waals surface area contributed by atoms with Crippen LogP contribution in [0, 0.1) is 33.5 Å². The van der Waals surface area contributed by atoms with Gasteiger partial charge in [0, 0.05) is 30.3 Å². The first-order valence-electron chi connectivity index (χ1n) is 15.2. The van der Waals surface area contributed by atoms with Crippen LogP contribution in [0.3, 0.4) is 0 Å². The van der Waals surface area contributed by atoms with Gasteiger partial charge in [-0.05, 0) is 82.1 Å². The maximum atomic E-state index is 12.9. The Labute approximate surface area is 281 Å². The normalized spacial score (nSPS) is 14.3. The van der Waals surface area contributed by atoms with Crippen LogP contribution in [0.2, 0.25) is 0 Å². The molecule has 0 aliphatic carbocycles. The van der Waals surface area contributed by atoms with E-state index in [-0.39, 0.29) is 44.7 Å². The Morgan fingerprint density at radius 1 is 0.917 bits per heavy atom. The van der Waals surface area contributed by atoms with E-state index in [2.05, 4.69) is 10.6 Å². The Morgan fingerprint density at radius 3 is 1.94 bits per heavy atom. The average Bonchev–Trinajstić information content (AvgIpc) is 2.99. The number of alkyl carbamates (subject to hydrolysis) is 1. The van der Waals surface area contributed by atoms with Crippen molar-refractivity contribution in [3.8, 4) is 23.6 Å². The minimum Gasteiger partial charge on any atom is -0.494 e. The van der Waals surface area contributed by atoms with Gasteiger partial charge in [-0.1, -0.05) is 13.8 Å². The van der Waals surface area contributed by atoms with E-state index in [1.807, 2.05) is 12.1 Å². The van der Waals surface area contributed by atoms with Crippen LogP contribution in [0.25, 0.3) is 0 Å². The smallest absolute Gasteiger partial charge is 0.407 e. The third-order valence-electron chi connectivity index (χ3n) is 7.89. The first-order valence-corrected chi connectivity index (χ1v) is 16.8. The van der Waals surface area contributed by atoms with Gasteiger partial charge in [0.15, 0.2) is 0 Å². The molecule has 2 aromatic carbocycles. The molecule has 0 aliphatic rings. The summed E-state index contributed by atoms with van der Waals surface area (Å²) in [5, 5.41) is 43.0. The van der Waals surface area contributed by atoms with E-state index in [1.54, 1.807) is 58.9 Å². The predicted molar refractivity (Wildman–Crippen MR) is 175 cm³/mol. The van der Waals surface area contributed by atoms with Gasteiger partial charge in [-0.25, -0.2) is 9.59 Å². The van der Waals surface area contributed by atoms with Gasteiger partial charge in [-0.15, -0.1) is 0 Å². The fraction of sp³-hybridized carbons (Fsp3) is 0.515. The minimum atomic E-state index is -4.72. The summed E-state index contributed by atoms with van der Waals surface area (Å²) in [6.07, 6.45) is -4.45. The van der Waals surface area contributed by atoms with Crippen LogP contribution in [-0.2, 0) is 14.9 Å². The summed E-state index contributed by atoms with van der Waals surface area (Å²) in [4.78, 5) is 24.0. The number of nitrogens with zero attached hydrogens (tertiary/aromatic N) is 2. The van der Waals surface area contributed by atoms with Crippen molar-refractivity contribution in [2.75, 3.05) is 25.4 Å². The van der Waals surface area contributed by atoms with Gasteiger partial charge in [0.05, 0.1) is 41.7 Å². The number of carbonyl (C=O) groups is 2. The molecule has 3 unspecified atom stereocenters. The zero-order chi connectivity index (χ0) is 36.2. The van der Waals surface area contributed by atoms with Crippen molar-refractivity contribution in [2.24, 2.45) is 10.8 Å². The maximum Gasteiger partial charge on any atom is 0.407 e. The Hall–Kier alpha value is -4.57. The first kappa shape index (κ1) is 39.6. The lowest BCUT2D eigenvalue weighted by molar-refractivity contribution is -0.0564. The third-order valence-corrected chi connectivity index (χ3v) is 8.81. The van der Waals surface area contributed by atoms with E-state index >= 15 is 0 Å². The molecule has 2 aromatic rings. The quantitative estimate of drug-likeness (QED) is 0.114. The van der Waals surface area contributed by atoms with E-state index in [1.165, 1.54) is 24.3 Å². The van der Waals surface area contributed by atoms with Crippen LogP contribution in [0.1, 0.15) is 65.0 Å². The number of nitriles is 2. The lowest BCUT2D eigenvalue weighted by atomic mass is 9.60. The number of rotatable bonds is 17. The van der Waals surface area contributed by atoms with E-state index < -0.39 is 56.7 Å². The van der Waals surface area contributed by atoms with Crippen LogP contribution in [0.4, 0.5) is 9.59 Å². The number of hydrogen-bond acceptors (Lipinski definition) is 10. The largest absolute Gasteiger partial charge is 0.494 e. The highest BCUT2D eigenvalue weighted by Crippen LogP contribution is 2.48. The van der Waals surface area contributed by atoms with Crippen molar-refractivity contribution < 1.29 is 47.0 Å². The zero-order valence-electron chi connectivity index (χ0n) is 27.7. The molecule has 0 saturated carbocycles. The van der Waals surface area contributed by atoms with Gasteiger partial charge in [0.1, 0.15) is 23.2 Å². The highest BCUT2D eigenvalue weighted by Gasteiger charge is 2.53. The van der Waals surface area contributed by atoms with Crippen molar-refractivity contribution >= 4 is 22.3 Å². The van der Waals surface area contributed by atoms with Gasteiger partial charge in [-0.2, -0.15) is 18.9 Å². The van der Waals surface area contributed by atoms with Crippen molar-refractivity contribution in [1.82, 2.24) is 10.6 Å². The number of ether oxygens (including phenoxy) is 3. The Kier molecular flexibility index (Phi) is 14.0. The molecule has 0 saturated heterocycles. The fourth-order valence-electron chi connectivity index (χ4n) is 5.22. The zero-order valence-corrected chi connectivity index (χ0v) is 28.5. The number of carboxylic acid groups (broad SMARTS) is 1. The van der Waals surface area contributed by atoms with E-state index in [9.17, 15) is 32.9 Å². The summed E-state index contributed by atoms with van der Waals surface area (Å²) in [5.41, 5.74) is -2.87. The van der Waals surface area contributed by atoms with Crippen LogP contribution >= 0.6 is 0 Å². The van der Waals surface area contributed by atoms with E-state index in [0.717, 1.165) is 0 Å². The minimum absolute atomic E-state index is 0.0442. The van der Waals surface area contributed by atoms with Gasteiger partial charge in [-0.3, -0.25) is 4.55 Å². The number of aliphatic hydroxyl groups is 1. The molecule has 262 valence electrons. The monoisotopic (exact) mass is 688 g/mol. The highest BCUT2D eigenvalue weighted by molar-refractivity contribution is 7.85. The van der Waals surface area contributed by atoms with Crippen molar-refractivity contribution in [3.63, 3.8) is 0 Å². The second-order valence-electron chi connectivity index (χ2n) is 13.0. The Bertz CT molecular complexity index is 1560. The summed E-state index contributed by atoms with van der Waals surface area (Å²) in [5.74, 6) is -0.0943. The molecule has 2 rings (SSSR count). The van der Waals surface area contributed by atoms with Crippen LogP contribution in [0.15, 0.2) is 48.5 Å². The Morgan fingerprint density at radius 2 is 1.46 bits per heavy atom. The number of nitrogens with one attached hydrogen (secondary N) is 2. The van der Waals surface area contributed by atoms with Crippen molar-refractivity contribution in [3.05, 3.63) is 59.7 Å². The molecule has 0 radical (unpaired) electrons. The summed E-state index contributed by atoms with van der Waals surface area (Å²) >= 11 is 0. The van der Waals surface area contributed by atoms with Crippen LogP contribution in [-0.4, -0.2) is 78.6 Å². The molecular formula is C33H44N4O10S. The van der Waals surface area contributed by atoms with E-state index in [0.29, 0.717) is 16.9 Å². The number of hydrogen-bond donors (Lipinski definition) is 5. The number of carbonyl (C=O) groups excluding carboxylic acids is 1. The summed E-state index contributed by atoms with van der Waals surface area (Å²) in [6.45, 7) is 7.74. The second-order valence-corrected chi connectivity index (χ2v) is 14.4. The van der Waals surface area contributed by atoms with Crippen LogP contribution in [0.5, 0.6) is 11.5 Å². The SMILES string of the molecule is CC(C)(C)OC(=O)NCC(CCCOc1ccc(C#N)cc1)(CS(=O)(=O)O)C(C)(C)C(CC(O)CNC(=O)O)Oc1ccc(C#N)cc1. The maximum absolute atomic E-state index is 12.9. The average molecular weight is 689 g/mol. The molecule has 0 aliphatic heterocycles. The number of aliphatic hydroxyl groups excluding tert-OH is 1. The van der Waals surface area contributed by atoms with Gasteiger partial charge >= 0.3 is 12.2 Å². The van der Waals surface area contributed by atoms with Gasteiger partial charge < -0.3 is 35.1 Å². The molecule has 0 fully saturated rings. The number of benzene rings is 2. The van der Waals surface area contributed by atoms with Gasteiger partial charge in [0.25, 0.3) is 10.1 Å². The third kappa shape index (κ3) is 12.9. The lowest BCUT2D eigenvalue weighted by Gasteiger charge is -2.50. The molecule has 14 nitrogen and oxygen atoms in total. The molecule has 0 heterocycles. The fourth-order valence-corrected chi connectivity index (χ4v) is 6.53. The summed E-state index contributed by atoms with van der Waals surface area (Å²) in [6, 6.07) is 16.5. The standard InChI is InChI=1S/C33H44N4O10S/c1-31(2,3)47-30(41)37-21-33(22-48(42,43)44,15-6-16-45-26-11-7-23(18-34)8-12-26)32(4,5)28(17-25(38)20-36-29(39)40)46-27-13-9-24(19-35)10-14-27/h7-14,25,28,36,38H,6,15-17,20-22H2,1-5H3,(H,37,41)(H,39,40)(H,42,43,44). The summed E-state index contributed by atoms with van der Waals surface area (Å²) in [7, 11) is -4.72. The van der Waals surface area contributed by atoms with Crippen LogP contribution < -0.4 is 20.1 Å².